The molecule has 0 saturated heterocycles. The first-order valence-corrected chi connectivity index (χ1v) is 6.47. The number of carbonyl (C=O) groups is 1. The van der Waals surface area contributed by atoms with E-state index in [1.807, 2.05) is 0 Å². The number of hydrazone groups is 1. The maximum absolute atomic E-state index is 11.0. The van der Waals surface area contributed by atoms with Crippen LogP contribution in [0.4, 0.5) is 5.69 Å². The Morgan fingerprint density at radius 3 is 2.75 bits per heavy atom. The van der Waals surface area contributed by atoms with Crippen LogP contribution in [0.2, 0.25) is 0 Å². The van der Waals surface area contributed by atoms with Crippen molar-refractivity contribution < 1.29 is 15.0 Å². The lowest BCUT2D eigenvalue weighted by Gasteiger charge is -2.04. The number of aromatic carboxylic acids is 1. The molecule has 0 aliphatic carbocycles. The van der Waals surface area contributed by atoms with Crippen LogP contribution in [0, 0.1) is 0 Å². The van der Waals surface area contributed by atoms with Crippen LogP contribution in [0.25, 0.3) is 0 Å². The van der Waals surface area contributed by atoms with E-state index in [9.17, 15) is 9.90 Å². The van der Waals surface area contributed by atoms with Crippen LogP contribution in [0.5, 0.6) is 5.75 Å². The number of hydrogen-bond donors (Lipinski definition) is 3. The van der Waals surface area contributed by atoms with Gasteiger partial charge in [0, 0.05) is 10.0 Å². The summed E-state index contributed by atoms with van der Waals surface area (Å²) in [4.78, 5) is 11.0. The van der Waals surface area contributed by atoms with Crippen molar-refractivity contribution in [2.45, 2.75) is 0 Å². The molecule has 0 aromatic heterocycles. The molecule has 0 unspecified atom stereocenters. The minimum Gasteiger partial charge on any atom is -0.507 e. The van der Waals surface area contributed by atoms with Crippen molar-refractivity contribution in [1.29, 1.82) is 0 Å². The summed E-state index contributed by atoms with van der Waals surface area (Å²) in [6.45, 7) is 0. The number of phenols is 1. The summed E-state index contributed by atoms with van der Waals surface area (Å²) in [5.74, 6) is -0.945. The summed E-state index contributed by atoms with van der Waals surface area (Å²) in [5.41, 5.74) is 3.67. The molecule has 0 bridgehead atoms. The number of hydrogen-bond acceptors (Lipinski definition) is 4. The van der Waals surface area contributed by atoms with Crippen molar-refractivity contribution >= 4 is 33.8 Å². The number of benzene rings is 2. The second kappa shape index (κ2) is 6.21. The van der Waals surface area contributed by atoms with Gasteiger partial charge in [-0.05, 0) is 30.3 Å². The summed E-state index contributed by atoms with van der Waals surface area (Å²) < 4.78 is 0.808. The highest BCUT2D eigenvalue weighted by Crippen LogP contribution is 2.20. The van der Waals surface area contributed by atoms with Crippen molar-refractivity contribution in [1.82, 2.24) is 0 Å². The first-order valence-electron chi connectivity index (χ1n) is 5.68. The summed E-state index contributed by atoms with van der Waals surface area (Å²) in [6, 6.07) is 11.4. The van der Waals surface area contributed by atoms with Crippen molar-refractivity contribution in [2.75, 3.05) is 5.43 Å². The van der Waals surface area contributed by atoms with E-state index in [2.05, 4.69) is 26.5 Å². The van der Waals surface area contributed by atoms with Crippen LogP contribution >= 0.6 is 15.9 Å². The molecule has 102 valence electrons. The van der Waals surface area contributed by atoms with E-state index in [0.717, 1.165) is 4.47 Å². The molecule has 3 N–H and O–H groups in total. The predicted molar refractivity (Wildman–Crippen MR) is 80.4 cm³/mol. The second-order valence-corrected chi connectivity index (χ2v) is 4.84. The van der Waals surface area contributed by atoms with Gasteiger partial charge in [-0.1, -0.05) is 28.1 Å². The standard InChI is InChI=1S/C14H11BrN2O3/c15-10-5-6-13(18)9(7-10)8-16-17-12-4-2-1-3-11(12)14(19)20/h1-8,17-18H,(H,19,20)/b16-8+. The van der Waals surface area contributed by atoms with E-state index in [1.165, 1.54) is 18.3 Å². The minimum atomic E-state index is -1.03. The molecule has 0 aliphatic heterocycles. The Bertz CT molecular complexity index is 671. The Labute approximate surface area is 123 Å². The quantitative estimate of drug-likeness (QED) is 0.591. The molecule has 0 radical (unpaired) electrons. The van der Waals surface area contributed by atoms with Crippen molar-refractivity contribution in [3.63, 3.8) is 0 Å². The average Bonchev–Trinajstić information content (AvgIpc) is 2.43. The number of para-hydroxylation sites is 1. The van der Waals surface area contributed by atoms with Crippen LogP contribution in [-0.2, 0) is 0 Å². The van der Waals surface area contributed by atoms with E-state index >= 15 is 0 Å². The number of anilines is 1. The number of nitrogens with zero attached hydrogens (tertiary/aromatic N) is 1. The molecule has 2 rings (SSSR count). The lowest BCUT2D eigenvalue weighted by atomic mass is 10.2. The number of carboxylic acid groups (broad SMARTS) is 1. The molecular formula is C14H11BrN2O3. The molecule has 0 atom stereocenters. The normalized spacial score (nSPS) is 10.7. The largest absolute Gasteiger partial charge is 0.507 e. The molecule has 0 spiro atoms. The van der Waals surface area contributed by atoms with Gasteiger partial charge in [0.15, 0.2) is 0 Å². The minimum absolute atomic E-state index is 0.0882. The highest BCUT2D eigenvalue weighted by molar-refractivity contribution is 9.10. The summed E-state index contributed by atoms with van der Waals surface area (Å²) in [7, 11) is 0. The number of carboxylic acids is 1. The Hall–Kier alpha value is -2.34. The fourth-order valence-corrected chi connectivity index (χ4v) is 1.95. The maximum atomic E-state index is 11.0. The van der Waals surface area contributed by atoms with E-state index in [0.29, 0.717) is 11.3 Å². The van der Waals surface area contributed by atoms with Gasteiger partial charge in [0.05, 0.1) is 17.5 Å². The third kappa shape index (κ3) is 3.36. The molecule has 0 amide bonds. The smallest absolute Gasteiger partial charge is 0.337 e. The molecule has 2 aromatic rings. The molecule has 2 aromatic carbocycles. The van der Waals surface area contributed by atoms with Crippen LogP contribution in [0.1, 0.15) is 15.9 Å². The number of rotatable bonds is 4. The van der Waals surface area contributed by atoms with Gasteiger partial charge < -0.3 is 10.2 Å². The number of aromatic hydroxyl groups is 1. The van der Waals surface area contributed by atoms with Crippen molar-refractivity contribution in [2.24, 2.45) is 5.10 Å². The maximum Gasteiger partial charge on any atom is 0.337 e. The van der Waals surface area contributed by atoms with E-state index in [4.69, 9.17) is 5.11 Å². The van der Waals surface area contributed by atoms with Gasteiger partial charge in [0.1, 0.15) is 5.75 Å². The number of phenolic OH excluding ortho intramolecular Hbond substituents is 1. The van der Waals surface area contributed by atoms with Gasteiger partial charge in [-0.2, -0.15) is 5.10 Å². The van der Waals surface area contributed by atoms with Gasteiger partial charge in [0.25, 0.3) is 0 Å². The highest BCUT2D eigenvalue weighted by atomic mass is 79.9. The molecular weight excluding hydrogens is 324 g/mol. The Balaban J connectivity index is 2.18. The Morgan fingerprint density at radius 1 is 1.25 bits per heavy atom. The lowest BCUT2D eigenvalue weighted by molar-refractivity contribution is 0.0698. The zero-order valence-electron chi connectivity index (χ0n) is 10.2. The third-order valence-electron chi connectivity index (χ3n) is 2.54. The van der Waals surface area contributed by atoms with Gasteiger partial charge in [0.2, 0.25) is 0 Å². The summed E-state index contributed by atoms with van der Waals surface area (Å²) >= 11 is 3.29. The summed E-state index contributed by atoms with van der Waals surface area (Å²) in [5, 5.41) is 22.6. The van der Waals surface area contributed by atoms with Gasteiger partial charge in [-0.15, -0.1) is 0 Å². The van der Waals surface area contributed by atoms with E-state index in [1.54, 1.807) is 30.3 Å². The Morgan fingerprint density at radius 2 is 2.00 bits per heavy atom. The molecule has 5 nitrogen and oxygen atoms in total. The predicted octanol–water partition coefficient (Wildman–Crippen LogP) is 3.30. The third-order valence-corrected chi connectivity index (χ3v) is 3.03. The van der Waals surface area contributed by atoms with Crippen molar-refractivity contribution in [3.05, 3.63) is 58.1 Å². The van der Waals surface area contributed by atoms with Crippen LogP contribution in [-0.4, -0.2) is 22.4 Å². The van der Waals surface area contributed by atoms with Crippen LogP contribution in [0.3, 0.4) is 0 Å². The fourth-order valence-electron chi connectivity index (χ4n) is 1.57. The fraction of sp³-hybridized carbons (Fsp3) is 0. The number of halogens is 1. The SMILES string of the molecule is O=C(O)c1ccccc1N/N=C/c1cc(Br)ccc1O. The topological polar surface area (TPSA) is 81.9 Å². The molecule has 6 heteroatoms. The zero-order valence-corrected chi connectivity index (χ0v) is 11.8. The van der Waals surface area contributed by atoms with Crippen molar-refractivity contribution in [3.8, 4) is 5.75 Å². The molecule has 20 heavy (non-hydrogen) atoms. The monoisotopic (exact) mass is 334 g/mol. The Kier molecular flexibility index (Phi) is 4.37. The first-order chi connectivity index (χ1) is 9.58. The van der Waals surface area contributed by atoms with E-state index < -0.39 is 5.97 Å². The highest BCUT2D eigenvalue weighted by Gasteiger charge is 2.07. The summed E-state index contributed by atoms with van der Waals surface area (Å²) in [6.07, 6.45) is 1.42. The molecule has 0 aliphatic rings. The lowest BCUT2D eigenvalue weighted by Crippen LogP contribution is -2.02. The van der Waals surface area contributed by atoms with Gasteiger partial charge >= 0.3 is 5.97 Å². The van der Waals surface area contributed by atoms with Crippen LogP contribution < -0.4 is 5.43 Å². The molecule has 0 fully saturated rings. The van der Waals surface area contributed by atoms with Gasteiger partial charge in [-0.3, -0.25) is 5.43 Å². The second-order valence-electron chi connectivity index (χ2n) is 3.92. The average molecular weight is 335 g/mol. The first kappa shape index (κ1) is 14.1. The molecule has 0 saturated carbocycles. The van der Waals surface area contributed by atoms with Gasteiger partial charge in [-0.25, -0.2) is 4.79 Å². The van der Waals surface area contributed by atoms with E-state index in [-0.39, 0.29) is 11.3 Å². The molecule has 0 heterocycles. The zero-order chi connectivity index (χ0) is 14.5. The number of nitrogens with one attached hydrogen (secondary N) is 1. The van der Waals surface area contributed by atoms with Crippen LogP contribution in [0.15, 0.2) is 52.0 Å².